The van der Waals surface area contributed by atoms with Crippen LogP contribution in [0.5, 0.6) is 0 Å². The summed E-state index contributed by atoms with van der Waals surface area (Å²) in [5, 5.41) is 0. The van der Waals surface area contributed by atoms with E-state index in [0.29, 0.717) is 0 Å². The molecule has 0 saturated carbocycles. The molecule has 0 atom stereocenters. The van der Waals surface area contributed by atoms with Gasteiger partial charge in [-0.25, -0.2) is 0 Å². The average Bonchev–Trinajstić information content (AvgIpc) is 2.36. The molecule has 0 aliphatic rings. The van der Waals surface area contributed by atoms with Crippen LogP contribution in [0.4, 0.5) is 0 Å². The largest absolute Gasteiger partial charge is 0.162 e. The fraction of sp³-hybridized carbons (Fsp3) is 0.176. The van der Waals surface area contributed by atoms with Crippen molar-refractivity contribution in [3.8, 4) is 0 Å². The molecule has 2 aromatic carbocycles. The highest BCUT2D eigenvalue weighted by atomic mass is 14.0. The van der Waals surface area contributed by atoms with E-state index in [9.17, 15) is 0 Å². The van der Waals surface area contributed by atoms with E-state index in [2.05, 4.69) is 62.9 Å². The van der Waals surface area contributed by atoms with Gasteiger partial charge in [0.2, 0.25) is 0 Å². The van der Waals surface area contributed by atoms with Crippen molar-refractivity contribution in [2.45, 2.75) is 20.2 Å². The van der Waals surface area contributed by atoms with Crippen LogP contribution in [0.1, 0.15) is 22.3 Å². The molecule has 1 heteroatoms. The normalized spacial score (nSPS) is 10.1. The van der Waals surface area contributed by atoms with Crippen LogP contribution in [0.3, 0.4) is 0 Å². The van der Waals surface area contributed by atoms with Gasteiger partial charge in [-0.3, -0.25) is 0 Å². The van der Waals surface area contributed by atoms with Crippen molar-refractivity contribution in [1.82, 2.24) is 0 Å². The lowest BCUT2D eigenvalue weighted by Gasteiger charge is -2.05. The van der Waals surface area contributed by atoms with Gasteiger partial charge in [-0.2, -0.15) is 0 Å². The fourth-order valence-corrected chi connectivity index (χ4v) is 2.32. The third-order valence-corrected chi connectivity index (χ3v) is 3.20. The van der Waals surface area contributed by atoms with E-state index in [1.165, 1.54) is 27.7 Å². The van der Waals surface area contributed by atoms with E-state index in [0.717, 1.165) is 13.6 Å². The molecule has 2 rings (SSSR count). The second kappa shape index (κ2) is 5.73. The Kier molecular flexibility index (Phi) is 4.04. The van der Waals surface area contributed by atoms with Crippen LogP contribution in [0.25, 0.3) is 6.08 Å². The third kappa shape index (κ3) is 3.37. The van der Waals surface area contributed by atoms with E-state index in [1.807, 2.05) is 6.08 Å². The molecule has 0 radical (unpaired) electrons. The highest BCUT2D eigenvalue weighted by Crippen LogP contribution is 2.09. The molecule has 0 aliphatic heterocycles. The van der Waals surface area contributed by atoms with Crippen LogP contribution in [0.2, 0.25) is 0 Å². The molecule has 90 valence electrons. The summed E-state index contributed by atoms with van der Waals surface area (Å²) in [4.78, 5) is 0. The van der Waals surface area contributed by atoms with Crippen LogP contribution in [-0.2, 0) is 6.32 Å². The second-order valence-corrected chi connectivity index (χ2v) is 4.94. The first-order chi connectivity index (χ1) is 8.67. The molecule has 0 N–H and O–H groups in total. The predicted octanol–water partition coefficient (Wildman–Crippen LogP) is 3.21. The first-order valence-corrected chi connectivity index (χ1v) is 6.46. The Morgan fingerprint density at radius 2 is 1.61 bits per heavy atom. The van der Waals surface area contributed by atoms with E-state index in [4.69, 9.17) is 0 Å². The molecule has 0 aliphatic carbocycles. The Bertz CT molecular complexity index is 518. The number of rotatable bonds is 4. The van der Waals surface area contributed by atoms with Crippen molar-refractivity contribution in [2.24, 2.45) is 0 Å². The second-order valence-electron chi connectivity index (χ2n) is 4.94. The molecule has 0 nitrogen and oxygen atoms in total. The van der Waals surface area contributed by atoms with Gasteiger partial charge in [0.1, 0.15) is 0 Å². The molecule has 0 aromatic heterocycles. The van der Waals surface area contributed by atoms with Gasteiger partial charge in [0.15, 0.2) is 7.28 Å². The zero-order valence-electron chi connectivity index (χ0n) is 11.2. The van der Waals surface area contributed by atoms with Crippen LogP contribution >= 0.6 is 0 Å². The lowest BCUT2D eigenvalue weighted by Crippen LogP contribution is -2.16. The molecule has 18 heavy (non-hydrogen) atoms. The van der Waals surface area contributed by atoms with Crippen LogP contribution in [0.15, 0.2) is 49.0 Å². The first kappa shape index (κ1) is 12.7. The van der Waals surface area contributed by atoms with Gasteiger partial charge in [0.05, 0.1) is 0 Å². The van der Waals surface area contributed by atoms with E-state index >= 15 is 0 Å². The summed E-state index contributed by atoms with van der Waals surface area (Å²) >= 11 is 0. The van der Waals surface area contributed by atoms with Crippen molar-refractivity contribution < 1.29 is 0 Å². The zero-order valence-corrected chi connectivity index (χ0v) is 11.2. The topological polar surface area (TPSA) is 0 Å². The van der Waals surface area contributed by atoms with Crippen molar-refractivity contribution in [2.75, 3.05) is 0 Å². The van der Waals surface area contributed by atoms with Gasteiger partial charge in [0.25, 0.3) is 0 Å². The lowest BCUT2D eigenvalue weighted by atomic mass is 9.65. The summed E-state index contributed by atoms with van der Waals surface area (Å²) in [6.45, 7) is 8.10. The molecule has 0 amide bonds. The summed E-state index contributed by atoms with van der Waals surface area (Å²) < 4.78 is 0. The van der Waals surface area contributed by atoms with Gasteiger partial charge in [-0.15, -0.1) is 0 Å². The summed E-state index contributed by atoms with van der Waals surface area (Å²) in [6.07, 6.45) is 2.99. The van der Waals surface area contributed by atoms with Crippen LogP contribution in [-0.4, -0.2) is 7.28 Å². The van der Waals surface area contributed by atoms with Gasteiger partial charge in [-0.1, -0.05) is 77.3 Å². The van der Waals surface area contributed by atoms with Gasteiger partial charge >= 0.3 is 0 Å². The molecule has 0 heterocycles. The molecule has 0 spiro atoms. The molecule has 0 unspecified atom stereocenters. The van der Waals surface area contributed by atoms with Crippen LogP contribution in [0, 0.1) is 13.8 Å². The molecule has 0 saturated heterocycles. The average molecular weight is 234 g/mol. The maximum atomic E-state index is 3.77. The minimum Gasteiger partial charge on any atom is -0.0985 e. The minimum absolute atomic E-state index is 1.10. The summed E-state index contributed by atoms with van der Waals surface area (Å²) in [5.74, 6) is 0. The molecule has 0 fully saturated rings. The van der Waals surface area contributed by atoms with Gasteiger partial charge in [-0.05, 0) is 25.7 Å². The number of hydrogen-bond donors (Lipinski definition) is 0. The van der Waals surface area contributed by atoms with E-state index in [1.54, 1.807) is 0 Å². The summed E-state index contributed by atoms with van der Waals surface area (Å²) in [7, 11) is 1.10. The van der Waals surface area contributed by atoms with Gasteiger partial charge < -0.3 is 0 Å². The molecular weight excluding hydrogens is 215 g/mol. The minimum atomic E-state index is 1.10. The Hall–Kier alpha value is -1.76. The van der Waals surface area contributed by atoms with E-state index in [-0.39, 0.29) is 0 Å². The number of hydrogen-bond acceptors (Lipinski definition) is 0. The molecule has 0 bridgehead atoms. The van der Waals surface area contributed by atoms with Gasteiger partial charge in [0, 0.05) is 0 Å². The maximum Gasteiger partial charge on any atom is 0.162 e. The predicted molar refractivity (Wildman–Crippen MR) is 82.9 cm³/mol. The monoisotopic (exact) mass is 234 g/mol. The standard InChI is InChI=1S/C17H19B/c1-4-15-5-7-17(8-6-15)18-12-16-10-13(2)9-14(3)11-16/h4-11,18H,1,12H2,2-3H3. The summed E-state index contributed by atoms with van der Waals surface area (Å²) in [6, 6.07) is 15.4. The third-order valence-electron chi connectivity index (χ3n) is 3.20. The van der Waals surface area contributed by atoms with Crippen molar-refractivity contribution in [1.29, 1.82) is 0 Å². The quantitative estimate of drug-likeness (QED) is 0.712. The zero-order chi connectivity index (χ0) is 13.0. The van der Waals surface area contributed by atoms with Crippen molar-refractivity contribution in [3.63, 3.8) is 0 Å². The Morgan fingerprint density at radius 3 is 2.17 bits per heavy atom. The number of benzene rings is 2. The smallest absolute Gasteiger partial charge is 0.0985 e. The molecular formula is C17H19B. The molecule has 2 aromatic rings. The highest BCUT2D eigenvalue weighted by Gasteiger charge is 2.00. The van der Waals surface area contributed by atoms with E-state index < -0.39 is 0 Å². The van der Waals surface area contributed by atoms with Crippen molar-refractivity contribution >= 4 is 18.8 Å². The highest BCUT2D eigenvalue weighted by molar-refractivity contribution is 6.52. The number of aryl methyl sites for hydroxylation is 2. The Labute approximate surface area is 111 Å². The first-order valence-electron chi connectivity index (χ1n) is 6.46. The Balaban J connectivity index is 2.03. The summed E-state index contributed by atoms with van der Waals surface area (Å²) in [5.41, 5.74) is 6.71. The fourth-order valence-electron chi connectivity index (χ4n) is 2.32. The van der Waals surface area contributed by atoms with Crippen LogP contribution < -0.4 is 5.46 Å². The maximum absolute atomic E-state index is 3.77. The SMILES string of the molecule is C=Cc1ccc(BCc2cc(C)cc(C)c2)cc1. The Morgan fingerprint density at radius 1 is 1.00 bits per heavy atom. The van der Waals surface area contributed by atoms with Crippen molar-refractivity contribution in [3.05, 3.63) is 71.3 Å². The lowest BCUT2D eigenvalue weighted by molar-refractivity contribution is 1.29.